The predicted octanol–water partition coefficient (Wildman–Crippen LogP) is 2.36. The summed E-state index contributed by atoms with van der Waals surface area (Å²) in [4.78, 5) is 52.4. The van der Waals surface area contributed by atoms with Crippen LogP contribution in [-0.4, -0.2) is 58.7 Å². The second-order valence-electron chi connectivity index (χ2n) is 7.57. The van der Waals surface area contributed by atoms with Gasteiger partial charge in [-0.2, -0.15) is 0 Å². The Morgan fingerprint density at radius 1 is 1.07 bits per heavy atom. The molecule has 1 aromatic carbocycles. The van der Waals surface area contributed by atoms with Crippen molar-refractivity contribution in [2.45, 2.75) is 51.5 Å². The van der Waals surface area contributed by atoms with Crippen LogP contribution in [0.15, 0.2) is 24.3 Å². The number of benzene rings is 1. The van der Waals surface area contributed by atoms with Gasteiger partial charge in [0.25, 0.3) is 11.8 Å². The predicted molar refractivity (Wildman–Crippen MR) is 108 cm³/mol. The number of nitrogens with zero attached hydrogens (tertiary/aromatic N) is 2. The van der Waals surface area contributed by atoms with E-state index in [0.717, 1.165) is 24.2 Å². The zero-order valence-electron chi connectivity index (χ0n) is 17.0. The molecule has 0 unspecified atom stereocenters. The van der Waals surface area contributed by atoms with E-state index in [-0.39, 0.29) is 18.4 Å². The van der Waals surface area contributed by atoms with Gasteiger partial charge in [0.2, 0.25) is 5.91 Å². The molecule has 5 amide bonds. The molecule has 29 heavy (non-hydrogen) atoms. The third-order valence-electron chi connectivity index (χ3n) is 5.72. The van der Waals surface area contributed by atoms with Gasteiger partial charge in [0.05, 0.1) is 0 Å². The van der Waals surface area contributed by atoms with E-state index in [9.17, 15) is 19.2 Å². The van der Waals surface area contributed by atoms with Crippen molar-refractivity contribution in [3.05, 3.63) is 29.8 Å². The number of nitrogens with one attached hydrogen (secondary N) is 2. The second-order valence-corrected chi connectivity index (χ2v) is 7.57. The van der Waals surface area contributed by atoms with E-state index >= 15 is 0 Å². The van der Waals surface area contributed by atoms with Crippen LogP contribution >= 0.6 is 0 Å². The number of hydrogen-bond donors (Lipinski definition) is 2. The first-order valence-electron chi connectivity index (χ1n) is 10.2. The molecule has 1 aliphatic heterocycles. The van der Waals surface area contributed by atoms with E-state index in [1.54, 1.807) is 29.2 Å². The maximum atomic E-state index is 12.7. The minimum atomic E-state index is -0.831. The van der Waals surface area contributed by atoms with Crippen molar-refractivity contribution in [3.8, 4) is 0 Å². The van der Waals surface area contributed by atoms with Crippen molar-refractivity contribution >= 4 is 29.4 Å². The van der Waals surface area contributed by atoms with Gasteiger partial charge in [-0.15, -0.1) is 0 Å². The van der Waals surface area contributed by atoms with Gasteiger partial charge in [0.15, 0.2) is 0 Å². The Morgan fingerprint density at radius 3 is 2.28 bits per heavy atom. The SMILES string of the molecule is CCN(CC)C(=O)c1ccc(NC(=O)CN2C(=O)NC3(CCCCC3)C2=O)cc1. The Balaban J connectivity index is 1.60. The van der Waals surface area contributed by atoms with Crippen LogP contribution in [0, 0.1) is 0 Å². The number of rotatable bonds is 6. The first-order chi connectivity index (χ1) is 13.9. The van der Waals surface area contributed by atoms with E-state index in [1.807, 2.05) is 13.8 Å². The quantitative estimate of drug-likeness (QED) is 0.716. The van der Waals surface area contributed by atoms with Crippen molar-refractivity contribution < 1.29 is 19.2 Å². The van der Waals surface area contributed by atoms with Crippen molar-refractivity contribution in [1.82, 2.24) is 15.1 Å². The zero-order chi connectivity index (χ0) is 21.0. The summed E-state index contributed by atoms with van der Waals surface area (Å²) in [6.45, 7) is 4.77. The molecule has 2 aliphatic rings. The maximum absolute atomic E-state index is 12.7. The van der Waals surface area contributed by atoms with Crippen LogP contribution in [0.2, 0.25) is 0 Å². The number of imide groups is 1. The highest BCUT2D eigenvalue weighted by molar-refractivity contribution is 6.10. The summed E-state index contributed by atoms with van der Waals surface area (Å²) in [5, 5.41) is 5.48. The summed E-state index contributed by atoms with van der Waals surface area (Å²) in [7, 11) is 0. The highest BCUT2D eigenvalue weighted by atomic mass is 16.2. The summed E-state index contributed by atoms with van der Waals surface area (Å²) in [6.07, 6.45) is 4.09. The molecule has 3 rings (SSSR count). The Labute approximate surface area is 170 Å². The van der Waals surface area contributed by atoms with E-state index in [2.05, 4.69) is 10.6 Å². The Kier molecular flexibility index (Phi) is 6.20. The van der Waals surface area contributed by atoms with Gasteiger partial charge in [-0.05, 0) is 51.0 Å². The lowest BCUT2D eigenvalue weighted by molar-refractivity contribution is -0.134. The molecule has 0 atom stereocenters. The third-order valence-corrected chi connectivity index (χ3v) is 5.72. The smallest absolute Gasteiger partial charge is 0.325 e. The molecular weight excluding hydrogens is 372 g/mol. The van der Waals surface area contributed by atoms with Crippen LogP contribution < -0.4 is 10.6 Å². The number of amides is 5. The second kappa shape index (κ2) is 8.63. The van der Waals surface area contributed by atoms with E-state index in [1.165, 1.54) is 0 Å². The summed E-state index contributed by atoms with van der Waals surface area (Å²) in [5.41, 5.74) is 0.216. The highest BCUT2D eigenvalue weighted by Gasteiger charge is 2.51. The Morgan fingerprint density at radius 2 is 1.69 bits per heavy atom. The van der Waals surface area contributed by atoms with Gasteiger partial charge in [0.1, 0.15) is 12.1 Å². The number of anilines is 1. The van der Waals surface area contributed by atoms with Crippen LogP contribution in [0.3, 0.4) is 0 Å². The van der Waals surface area contributed by atoms with Crippen molar-refractivity contribution in [3.63, 3.8) is 0 Å². The Hall–Kier alpha value is -2.90. The van der Waals surface area contributed by atoms with Gasteiger partial charge in [-0.3, -0.25) is 19.3 Å². The molecule has 156 valence electrons. The molecular formula is C21H28N4O4. The monoisotopic (exact) mass is 400 g/mol. The lowest BCUT2D eigenvalue weighted by atomic mass is 9.82. The summed E-state index contributed by atoms with van der Waals surface area (Å²) < 4.78 is 0. The molecule has 1 spiro atoms. The summed E-state index contributed by atoms with van der Waals surface area (Å²) >= 11 is 0. The van der Waals surface area contributed by atoms with E-state index in [0.29, 0.717) is 37.2 Å². The van der Waals surface area contributed by atoms with Gasteiger partial charge in [-0.1, -0.05) is 19.3 Å². The van der Waals surface area contributed by atoms with Crippen molar-refractivity contribution in [2.24, 2.45) is 0 Å². The molecule has 1 heterocycles. The molecule has 1 aromatic rings. The van der Waals surface area contributed by atoms with E-state index < -0.39 is 17.5 Å². The molecule has 1 saturated heterocycles. The van der Waals surface area contributed by atoms with Gasteiger partial charge < -0.3 is 15.5 Å². The lowest BCUT2D eigenvalue weighted by Crippen LogP contribution is -2.48. The van der Waals surface area contributed by atoms with Crippen molar-refractivity contribution in [1.29, 1.82) is 0 Å². The van der Waals surface area contributed by atoms with Crippen LogP contribution in [0.4, 0.5) is 10.5 Å². The first-order valence-corrected chi connectivity index (χ1v) is 10.2. The van der Waals surface area contributed by atoms with Gasteiger partial charge in [0, 0.05) is 24.3 Å². The molecule has 1 saturated carbocycles. The number of carbonyl (C=O) groups is 4. The molecule has 0 bridgehead atoms. The summed E-state index contributed by atoms with van der Waals surface area (Å²) in [5.74, 6) is -0.827. The average Bonchev–Trinajstić information content (AvgIpc) is 2.93. The highest BCUT2D eigenvalue weighted by Crippen LogP contribution is 2.33. The van der Waals surface area contributed by atoms with Gasteiger partial charge >= 0.3 is 6.03 Å². The maximum Gasteiger partial charge on any atom is 0.325 e. The normalized spacial score (nSPS) is 17.9. The fourth-order valence-electron chi connectivity index (χ4n) is 4.05. The molecule has 8 nitrogen and oxygen atoms in total. The Bertz CT molecular complexity index is 795. The molecule has 0 radical (unpaired) electrons. The minimum absolute atomic E-state index is 0.0648. The summed E-state index contributed by atoms with van der Waals surface area (Å²) in [6, 6.07) is 6.08. The standard InChI is InChI=1S/C21H28N4O4/c1-3-24(4-2)18(27)15-8-10-16(11-9-15)22-17(26)14-25-19(28)21(23-20(25)29)12-6-5-7-13-21/h8-11H,3-7,12-14H2,1-2H3,(H,22,26)(H,23,29). The number of carbonyl (C=O) groups excluding carboxylic acids is 4. The van der Waals surface area contributed by atoms with Crippen LogP contribution in [0.5, 0.6) is 0 Å². The first kappa shape index (κ1) is 20.8. The molecule has 8 heteroatoms. The van der Waals surface area contributed by atoms with Gasteiger partial charge in [-0.25, -0.2) is 4.79 Å². The zero-order valence-corrected chi connectivity index (χ0v) is 17.0. The fraction of sp³-hybridized carbons (Fsp3) is 0.524. The van der Waals surface area contributed by atoms with Crippen LogP contribution in [-0.2, 0) is 9.59 Å². The van der Waals surface area contributed by atoms with Crippen LogP contribution in [0.1, 0.15) is 56.3 Å². The largest absolute Gasteiger partial charge is 0.339 e. The molecule has 0 aromatic heterocycles. The molecule has 1 aliphatic carbocycles. The van der Waals surface area contributed by atoms with Crippen molar-refractivity contribution in [2.75, 3.05) is 25.0 Å². The number of hydrogen-bond acceptors (Lipinski definition) is 4. The fourth-order valence-corrected chi connectivity index (χ4v) is 4.05. The minimum Gasteiger partial charge on any atom is -0.339 e. The topological polar surface area (TPSA) is 98.8 Å². The number of urea groups is 1. The molecule has 2 fully saturated rings. The molecule has 2 N–H and O–H groups in total. The third kappa shape index (κ3) is 4.26. The average molecular weight is 400 g/mol. The van der Waals surface area contributed by atoms with E-state index in [4.69, 9.17) is 0 Å². The lowest BCUT2D eigenvalue weighted by Gasteiger charge is -2.30. The van der Waals surface area contributed by atoms with Crippen LogP contribution in [0.25, 0.3) is 0 Å².